The van der Waals surface area contributed by atoms with Crippen LogP contribution in [0.4, 0.5) is 13.2 Å². The van der Waals surface area contributed by atoms with Gasteiger partial charge in [-0.25, -0.2) is 10.8 Å². The van der Waals surface area contributed by atoms with E-state index in [-0.39, 0.29) is 12.0 Å². The van der Waals surface area contributed by atoms with Gasteiger partial charge < -0.3 is 4.90 Å². The molecule has 0 bridgehead atoms. The Balaban J connectivity index is 2.59. The molecule has 0 spiro atoms. The van der Waals surface area contributed by atoms with Gasteiger partial charge in [-0.1, -0.05) is 19.3 Å². The van der Waals surface area contributed by atoms with Crippen LogP contribution in [0.25, 0.3) is 0 Å². The van der Waals surface area contributed by atoms with Gasteiger partial charge >= 0.3 is 6.18 Å². The van der Waals surface area contributed by atoms with Crippen LogP contribution in [-0.4, -0.2) is 36.7 Å². The number of hydrazine groups is 1. The second-order valence-corrected chi connectivity index (χ2v) is 4.36. The summed E-state index contributed by atoms with van der Waals surface area (Å²) in [5.74, 6) is 5.33. The molecule has 1 saturated carbocycles. The molecule has 0 saturated heterocycles. The highest BCUT2D eigenvalue weighted by molar-refractivity contribution is 5.79. The number of guanidine groups is 1. The van der Waals surface area contributed by atoms with Crippen molar-refractivity contribution in [3.8, 4) is 0 Å². The maximum atomic E-state index is 12.2. The first kappa shape index (κ1) is 14.1. The zero-order chi connectivity index (χ0) is 12.9. The first-order valence-corrected chi connectivity index (χ1v) is 5.74. The lowest BCUT2D eigenvalue weighted by Gasteiger charge is -2.25. The molecule has 0 heterocycles. The van der Waals surface area contributed by atoms with E-state index in [9.17, 15) is 13.2 Å². The molecular weight excluding hydrogens is 233 g/mol. The predicted octanol–water partition coefficient (Wildman–Crippen LogP) is 1.63. The van der Waals surface area contributed by atoms with Gasteiger partial charge in [0.25, 0.3) is 0 Å². The van der Waals surface area contributed by atoms with Gasteiger partial charge in [-0.05, 0) is 12.8 Å². The molecule has 4 nitrogen and oxygen atoms in total. The molecule has 0 unspecified atom stereocenters. The lowest BCUT2D eigenvalue weighted by molar-refractivity contribution is -0.136. The summed E-state index contributed by atoms with van der Waals surface area (Å²) < 4.78 is 36.6. The number of aliphatic imine (C=N–C) groups is 1. The van der Waals surface area contributed by atoms with Crippen molar-refractivity contribution in [1.82, 2.24) is 10.3 Å². The largest absolute Gasteiger partial charge is 0.406 e. The minimum absolute atomic E-state index is 0.0884. The van der Waals surface area contributed by atoms with E-state index < -0.39 is 12.7 Å². The third kappa shape index (κ3) is 5.25. The molecule has 0 amide bonds. The van der Waals surface area contributed by atoms with Crippen molar-refractivity contribution in [3.05, 3.63) is 0 Å². The minimum Gasteiger partial charge on any atom is -0.336 e. The number of nitrogens with two attached hydrogens (primary N) is 1. The van der Waals surface area contributed by atoms with Gasteiger partial charge in [-0.15, -0.1) is 0 Å². The van der Waals surface area contributed by atoms with Crippen LogP contribution < -0.4 is 11.3 Å². The van der Waals surface area contributed by atoms with Crippen molar-refractivity contribution in [3.63, 3.8) is 0 Å². The Labute approximate surface area is 99.0 Å². The van der Waals surface area contributed by atoms with E-state index in [0.717, 1.165) is 30.6 Å². The molecule has 1 rings (SSSR count). The summed E-state index contributed by atoms with van der Waals surface area (Å²) in [5, 5.41) is 0. The van der Waals surface area contributed by atoms with Gasteiger partial charge in [0.1, 0.15) is 6.54 Å². The smallest absolute Gasteiger partial charge is 0.336 e. The summed E-state index contributed by atoms with van der Waals surface area (Å²) in [5.41, 5.74) is 2.25. The molecule has 0 aromatic heterocycles. The van der Waals surface area contributed by atoms with E-state index in [0.29, 0.717) is 0 Å². The first-order valence-electron chi connectivity index (χ1n) is 5.74. The molecule has 100 valence electrons. The Morgan fingerprint density at radius 2 is 1.94 bits per heavy atom. The van der Waals surface area contributed by atoms with Crippen LogP contribution in [0.15, 0.2) is 4.99 Å². The fraction of sp³-hybridized carbons (Fsp3) is 0.900. The molecule has 1 aliphatic rings. The maximum absolute atomic E-state index is 12.2. The normalized spacial score (nSPS) is 19.2. The first-order chi connectivity index (χ1) is 7.92. The average molecular weight is 252 g/mol. The summed E-state index contributed by atoms with van der Waals surface area (Å²) in [7, 11) is 1.33. The molecular formula is C10H19F3N4. The fourth-order valence-corrected chi connectivity index (χ4v) is 1.97. The Hall–Kier alpha value is -0.980. The fourth-order valence-electron chi connectivity index (χ4n) is 1.97. The molecule has 0 aromatic rings. The highest BCUT2D eigenvalue weighted by Gasteiger charge is 2.30. The Bertz CT molecular complexity index is 259. The molecule has 1 aliphatic carbocycles. The van der Waals surface area contributed by atoms with Crippen LogP contribution in [0.2, 0.25) is 0 Å². The summed E-state index contributed by atoms with van der Waals surface area (Å²) in [6.45, 7) is -1.05. The number of hydrogen-bond acceptors (Lipinski definition) is 2. The molecule has 0 aromatic carbocycles. The van der Waals surface area contributed by atoms with Crippen molar-refractivity contribution in [2.75, 3.05) is 13.6 Å². The van der Waals surface area contributed by atoms with Crippen LogP contribution in [0.3, 0.4) is 0 Å². The van der Waals surface area contributed by atoms with Gasteiger partial charge in [-0.2, -0.15) is 13.2 Å². The van der Waals surface area contributed by atoms with E-state index in [1.807, 2.05) is 0 Å². The average Bonchev–Trinajstić information content (AvgIpc) is 2.24. The van der Waals surface area contributed by atoms with Crippen LogP contribution in [0.1, 0.15) is 32.1 Å². The summed E-state index contributed by atoms with van der Waals surface area (Å²) in [6, 6.07) is 0.0884. The summed E-state index contributed by atoms with van der Waals surface area (Å²) in [6.07, 6.45) is 0.925. The number of nitrogens with zero attached hydrogens (tertiary/aromatic N) is 2. The van der Waals surface area contributed by atoms with Crippen LogP contribution >= 0.6 is 0 Å². The van der Waals surface area contributed by atoms with E-state index in [1.54, 1.807) is 0 Å². The number of hydrogen-bond donors (Lipinski definition) is 2. The van der Waals surface area contributed by atoms with E-state index in [4.69, 9.17) is 5.84 Å². The van der Waals surface area contributed by atoms with Gasteiger partial charge in [-0.3, -0.25) is 5.43 Å². The van der Waals surface area contributed by atoms with Crippen molar-refractivity contribution >= 4 is 5.96 Å². The molecule has 17 heavy (non-hydrogen) atoms. The maximum Gasteiger partial charge on any atom is 0.406 e. The standard InChI is InChI=1S/C10H19F3N4/c1-17(7-10(11,12)13)9(16-14)15-8-5-3-2-4-6-8/h8H,2-7,14H2,1H3,(H,15,16). The lowest BCUT2D eigenvalue weighted by atomic mass is 9.96. The van der Waals surface area contributed by atoms with E-state index in [2.05, 4.69) is 10.4 Å². The van der Waals surface area contributed by atoms with E-state index >= 15 is 0 Å². The zero-order valence-electron chi connectivity index (χ0n) is 9.93. The lowest BCUT2D eigenvalue weighted by Crippen LogP contribution is -2.47. The van der Waals surface area contributed by atoms with Crippen molar-refractivity contribution in [2.45, 2.75) is 44.3 Å². The quantitative estimate of drug-likeness (QED) is 0.340. The topological polar surface area (TPSA) is 53.6 Å². The number of nitrogens with one attached hydrogen (secondary N) is 1. The molecule has 0 atom stereocenters. The third-order valence-corrected chi connectivity index (χ3v) is 2.79. The van der Waals surface area contributed by atoms with Crippen LogP contribution in [0.5, 0.6) is 0 Å². The highest BCUT2D eigenvalue weighted by Crippen LogP contribution is 2.21. The van der Waals surface area contributed by atoms with Gasteiger partial charge in [0.05, 0.1) is 6.04 Å². The van der Waals surface area contributed by atoms with Crippen LogP contribution in [0, 0.1) is 0 Å². The van der Waals surface area contributed by atoms with Crippen molar-refractivity contribution in [1.29, 1.82) is 0 Å². The minimum atomic E-state index is -4.25. The van der Waals surface area contributed by atoms with Crippen molar-refractivity contribution in [2.24, 2.45) is 10.8 Å². The Morgan fingerprint density at radius 1 is 1.35 bits per heavy atom. The van der Waals surface area contributed by atoms with Crippen LogP contribution in [-0.2, 0) is 0 Å². The zero-order valence-corrected chi connectivity index (χ0v) is 9.93. The molecule has 3 N–H and O–H groups in total. The Kier molecular flexibility index (Phi) is 5.04. The Morgan fingerprint density at radius 3 is 2.41 bits per heavy atom. The number of alkyl halides is 3. The van der Waals surface area contributed by atoms with Gasteiger partial charge in [0, 0.05) is 7.05 Å². The molecule has 7 heteroatoms. The van der Waals surface area contributed by atoms with Crippen molar-refractivity contribution < 1.29 is 13.2 Å². The number of rotatable bonds is 2. The predicted molar refractivity (Wildman–Crippen MR) is 60.3 cm³/mol. The third-order valence-electron chi connectivity index (χ3n) is 2.79. The highest BCUT2D eigenvalue weighted by atomic mass is 19.4. The van der Waals surface area contributed by atoms with E-state index in [1.165, 1.54) is 13.5 Å². The van der Waals surface area contributed by atoms with Gasteiger partial charge in [0.15, 0.2) is 0 Å². The van der Waals surface area contributed by atoms with Gasteiger partial charge in [0.2, 0.25) is 5.96 Å². The number of halogens is 3. The molecule has 0 aliphatic heterocycles. The monoisotopic (exact) mass is 252 g/mol. The second kappa shape index (κ2) is 6.09. The summed E-state index contributed by atoms with van der Waals surface area (Å²) >= 11 is 0. The second-order valence-electron chi connectivity index (χ2n) is 4.36. The molecule has 1 fully saturated rings. The summed E-state index contributed by atoms with van der Waals surface area (Å²) in [4.78, 5) is 5.24. The SMILES string of the molecule is CN(CC(F)(F)F)C(=NC1CCCCC1)NN. The molecule has 0 radical (unpaired) electrons.